The predicted molar refractivity (Wildman–Crippen MR) is 99.1 cm³/mol. The maximum atomic E-state index is 12.7. The monoisotopic (exact) mass is 386 g/mol. The van der Waals surface area contributed by atoms with Gasteiger partial charge in [0.2, 0.25) is 0 Å². The van der Waals surface area contributed by atoms with E-state index >= 15 is 0 Å². The highest BCUT2D eigenvalue weighted by molar-refractivity contribution is 5.94. The van der Waals surface area contributed by atoms with Gasteiger partial charge < -0.3 is 9.80 Å². The molecule has 1 aliphatic heterocycles. The Morgan fingerprint density at radius 2 is 1.54 bits per heavy atom. The topological polar surface area (TPSA) is 49.3 Å². The second kappa shape index (κ2) is 7.10. The Labute approximate surface area is 159 Å². The van der Waals surface area contributed by atoms with E-state index in [2.05, 4.69) is 14.9 Å². The van der Waals surface area contributed by atoms with Gasteiger partial charge in [0.05, 0.1) is 22.8 Å². The van der Waals surface area contributed by atoms with Crippen LogP contribution in [0.4, 0.5) is 19.0 Å². The second-order valence-electron chi connectivity index (χ2n) is 6.57. The normalized spacial score (nSPS) is 15.1. The third-order valence-corrected chi connectivity index (χ3v) is 4.79. The fourth-order valence-electron chi connectivity index (χ4n) is 3.22. The minimum absolute atomic E-state index is 0.256. The van der Waals surface area contributed by atoms with Gasteiger partial charge in [-0.05, 0) is 36.4 Å². The van der Waals surface area contributed by atoms with E-state index in [1.165, 1.54) is 12.1 Å². The summed E-state index contributed by atoms with van der Waals surface area (Å²) in [7, 11) is 0. The van der Waals surface area contributed by atoms with Crippen LogP contribution in [0.3, 0.4) is 0 Å². The first kappa shape index (κ1) is 18.2. The van der Waals surface area contributed by atoms with Crippen LogP contribution in [0, 0.1) is 0 Å². The number of amides is 1. The first-order chi connectivity index (χ1) is 13.4. The van der Waals surface area contributed by atoms with Gasteiger partial charge in [-0.2, -0.15) is 13.2 Å². The third-order valence-electron chi connectivity index (χ3n) is 4.79. The van der Waals surface area contributed by atoms with Crippen LogP contribution in [0.25, 0.3) is 11.0 Å². The maximum Gasteiger partial charge on any atom is 0.416 e. The fraction of sp³-hybridized carbons (Fsp3) is 0.250. The molecule has 2 heterocycles. The highest BCUT2D eigenvalue weighted by atomic mass is 19.4. The molecule has 2 aromatic carbocycles. The molecule has 1 aromatic heterocycles. The summed E-state index contributed by atoms with van der Waals surface area (Å²) in [6.45, 7) is 2.10. The van der Waals surface area contributed by atoms with Crippen LogP contribution in [0.2, 0.25) is 0 Å². The average Bonchev–Trinajstić information content (AvgIpc) is 2.72. The maximum absolute atomic E-state index is 12.7. The van der Waals surface area contributed by atoms with E-state index < -0.39 is 11.7 Å². The number of alkyl halides is 3. The van der Waals surface area contributed by atoms with E-state index in [1.807, 2.05) is 24.3 Å². The lowest BCUT2D eigenvalue weighted by molar-refractivity contribution is -0.137. The molecule has 0 atom stereocenters. The quantitative estimate of drug-likeness (QED) is 0.675. The van der Waals surface area contributed by atoms with Crippen molar-refractivity contribution in [2.75, 3.05) is 31.1 Å². The summed E-state index contributed by atoms with van der Waals surface area (Å²) < 4.78 is 38.0. The molecule has 0 N–H and O–H groups in total. The molecule has 5 nitrogen and oxygen atoms in total. The minimum Gasteiger partial charge on any atom is -0.352 e. The summed E-state index contributed by atoms with van der Waals surface area (Å²) in [5.41, 5.74) is 1.13. The van der Waals surface area contributed by atoms with Crippen molar-refractivity contribution in [3.8, 4) is 0 Å². The predicted octanol–water partition coefficient (Wildman–Crippen LogP) is 3.61. The Balaban J connectivity index is 1.42. The largest absolute Gasteiger partial charge is 0.416 e. The van der Waals surface area contributed by atoms with Crippen molar-refractivity contribution < 1.29 is 18.0 Å². The van der Waals surface area contributed by atoms with Crippen molar-refractivity contribution in [3.05, 3.63) is 65.9 Å². The molecule has 144 valence electrons. The first-order valence-corrected chi connectivity index (χ1v) is 8.85. The lowest BCUT2D eigenvalue weighted by Gasteiger charge is -2.35. The number of rotatable bonds is 2. The Morgan fingerprint density at radius 3 is 2.18 bits per heavy atom. The molecule has 0 aliphatic carbocycles. The zero-order valence-electron chi connectivity index (χ0n) is 14.9. The number of carbonyl (C=O) groups excluding carboxylic acids is 1. The van der Waals surface area contributed by atoms with Crippen LogP contribution in [0.1, 0.15) is 15.9 Å². The number of hydrogen-bond acceptors (Lipinski definition) is 4. The summed E-state index contributed by atoms with van der Waals surface area (Å²) in [6, 6.07) is 11.9. The van der Waals surface area contributed by atoms with Crippen LogP contribution in [-0.2, 0) is 6.18 Å². The van der Waals surface area contributed by atoms with Crippen molar-refractivity contribution in [1.82, 2.24) is 14.9 Å². The molecule has 4 rings (SSSR count). The number of anilines is 1. The van der Waals surface area contributed by atoms with E-state index in [-0.39, 0.29) is 11.5 Å². The zero-order valence-corrected chi connectivity index (χ0v) is 14.9. The van der Waals surface area contributed by atoms with Gasteiger partial charge in [-0.15, -0.1) is 0 Å². The van der Waals surface area contributed by atoms with Crippen LogP contribution in [0.5, 0.6) is 0 Å². The van der Waals surface area contributed by atoms with Gasteiger partial charge in [0.15, 0.2) is 0 Å². The van der Waals surface area contributed by atoms with Crippen LogP contribution >= 0.6 is 0 Å². The van der Waals surface area contributed by atoms with Crippen molar-refractivity contribution in [1.29, 1.82) is 0 Å². The zero-order chi connectivity index (χ0) is 19.7. The van der Waals surface area contributed by atoms with Gasteiger partial charge in [0, 0.05) is 31.7 Å². The van der Waals surface area contributed by atoms with E-state index in [9.17, 15) is 18.0 Å². The number of nitrogens with zero attached hydrogens (tertiary/aromatic N) is 4. The molecule has 8 heteroatoms. The fourth-order valence-corrected chi connectivity index (χ4v) is 3.22. The highest BCUT2D eigenvalue weighted by Crippen LogP contribution is 2.29. The molecule has 1 saturated heterocycles. The molecule has 0 radical (unpaired) electrons. The van der Waals surface area contributed by atoms with E-state index in [0.29, 0.717) is 26.2 Å². The smallest absolute Gasteiger partial charge is 0.352 e. The molecular weight excluding hydrogens is 369 g/mol. The van der Waals surface area contributed by atoms with Crippen molar-refractivity contribution in [2.45, 2.75) is 6.18 Å². The SMILES string of the molecule is O=C(c1ccc(C(F)(F)F)cc1)N1CCN(c2cnc3ccccc3n2)CC1. The summed E-state index contributed by atoms with van der Waals surface area (Å²) in [5.74, 6) is 0.485. The van der Waals surface area contributed by atoms with Gasteiger partial charge in [-0.1, -0.05) is 12.1 Å². The summed E-state index contributed by atoms with van der Waals surface area (Å²) in [6.07, 6.45) is -2.69. The van der Waals surface area contributed by atoms with Crippen molar-refractivity contribution >= 4 is 22.8 Å². The summed E-state index contributed by atoms with van der Waals surface area (Å²) in [5, 5.41) is 0. The van der Waals surface area contributed by atoms with Crippen LogP contribution in [-0.4, -0.2) is 47.0 Å². The molecular formula is C20H17F3N4O. The number of fused-ring (bicyclic) bond motifs is 1. The average molecular weight is 386 g/mol. The molecule has 0 saturated carbocycles. The van der Waals surface area contributed by atoms with E-state index in [0.717, 1.165) is 29.0 Å². The Kier molecular flexibility index (Phi) is 4.62. The standard InChI is InChI=1S/C20H17F3N4O/c21-20(22,23)15-7-5-14(6-8-15)19(28)27-11-9-26(10-12-27)18-13-24-16-3-1-2-4-17(16)25-18/h1-8,13H,9-12H2. The number of para-hydroxylation sites is 2. The number of hydrogen-bond donors (Lipinski definition) is 0. The van der Waals surface area contributed by atoms with Crippen LogP contribution in [0.15, 0.2) is 54.7 Å². The van der Waals surface area contributed by atoms with Crippen LogP contribution < -0.4 is 4.90 Å². The molecule has 1 fully saturated rings. The second-order valence-corrected chi connectivity index (χ2v) is 6.57. The van der Waals surface area contributed by atoms with E-state index in [1.54, 1.807) is 11.1 Å². The molecule has 0 bridgehead atoms. The summed E-state index contributed by atoms with van der Waals surface area (Å²) in [4.78, 5) is 25.3. The van der Waals surface area contributed by atoms with E-state index in [4.69, 9.17) is 0 Å². The minimum atomic E-state index is -4.41. The Bertz CT molecular complexity index is 996. The Hall–Kier alpha value is -3.16. The number of carbonyl (C=O) groups is 1. The first-order valence-electron chi connectivity index (χ1n) is 8.85. The highest BCUT2D eigenvalue weighted by Gasteiger charge is 2.30. The molecule has 1 aliphatic rings. The van der Waals surface area contributed by atoms with Gasteiger partial charge in [-0.3, -0.25) is 9.78 Å². The third kappa shape index (κ3) is 3.62. The summed E-state index contributed by atoms with van der Waals surface area (Å²) >= 11 is 0. The molecule has 28 heavy (non-hydrogen) atoms. The van der Waals surface area contributed by atoms with Crippen molar-refractivity contribution in [3.63, 3.8) is 0 Å². The van der Waals surface area contributed by atoms with Gasteiger partial charge in [-0.25, -0.2) is 4.98 Å². The molecule has 1 amide bonds. The number of piperazine rings is 1. The van der Waals surface area contributed by atoms with Gasteiger partial charge in [0.25, 0.3) is 5.91 Å². The van der Waals surface area contributed by atoms with Crippen molar-refractivity contribution in [2.24, 2.45) is 0 Å². The number of aromatic nitrogens is 2. The van der Waals surface area contributed by atoms with Gasteiger partial charge >= 0.3 is 6.18 Å². The van der Waals surface area contributed by atoms with Gasteiger partial charge in [0.1, 0.15) is 5.82 Å². The molecule has 0 spiro atoms. The lowest BCUT2D eigenvalue weighted by atomic mass is 10.1. The lowest BCUT2D eigenvalue weighted by Crippen LogP contribution is -2.49. The number of halogens is 3. The Morgan fingerprint density at radius 1 is 0.893 bits per heavy atom. The molecule has 0 unspecified atom stereocenters. The number of benzene rings is 2. The molecule has 3 aromatic rings.